The summed E-state index contributed by atoms with van der Waals surface area (Å²) in [6.07, 6.45) is 3.40. The fraction of sp³-hybridized carbons (Fsp3) is 0.0800. The molecular formula is C25H23N5O2S. The third kappa shape index (κ3) is 5.81. The Morgan fingerprint density at radius 1 is 0.909 bits per heavy atom. The van der Waals surface area contributed by atoms with Gasteiger partial charge in [-0.2, -0.15) is 0 Å². The Morgan fingerprint density at radius 3 is 2.45 bits per heavy atom. The van der Waals surface area contributed by atoms with Crippen molar-refractivity contribution >= 4 is 35.1 Å². The number of pyridine rings is 1. The van der Waals surface area contributed by atoms with E-state index < -0.39 is 0 Å². The number of rotatable bonds is 6. The summed E-state index contributed by atoms with van der Waals surface area (Å²) >= 11 is 1.58. The molecule has 0 unspecified atom stereocenters. The first-order valence-electron chi connectivity index (χ1n) is 10.3. The summed E-state index contributed by atoms with van der Waals surface area (Å²) < 4.78 is 0. The number of H-pyrrole nitrogens is 1. The Labute approximate surface area is 196 Å². The lowest BCUT2D eigenvalue weighted by Gasteiger charge is -2.09. The van der Waals surface area contributed by atoms with E-state index >= 15 is 0 Å². The number of hydrogen-bond acceptors (Lipinski definition) is 4. The van der Waals surface area contributed by atoms with Crippen LogP contribution in [0.4, 0.5) is 16.2 Å². The summed E-state index contributed by atoms with van der Waals surface area (Å²) in [4.78, 5) is 33.6. The van der Waals surface area contributed by atoms with Crippen LogP contribution in [0.3, 0.4) is 0 Å². The SMILES string of the molecule is CNC(=O)c1c[nH]c(-c2cc(Sc3ccc(NC(=O)Nc4cccc(C)c4)cc3)ccn2)c1. The van der Waals surface area contributed by atoms with Gasteiger partial charge in [0.1, 0.15) is 0 Å². The number of hydrogen-bond donors (Lipinski definition) is 4. The fourth-order valence-electron chi connectivity index (χ4n) is 3.20. The van der Waals surface area contributed by atoms with Gasteiger partial charge in [-0.3, -0.25) is 9.78 Å². The summed E-state index contributed by atoms with van der Waals surface area (Å²) in [6.45, 7) is 1.98. The van der Waals surface area contributed by atoms with Gasteiger partial charge in [0, 0.05) is 40.6 Å². The van der Waals surface area contributed by atoms with E-state index in [2.05, 4.69) is 25.9 Å². The number of anilines is 2. The molecule has 166 valence electrons. The minimum absolute atomic E-state index is 0.149. The lowest BCUT2D eigenvalue weighted by Crippen LogP contribution is -2.19. The zero-order valence-electron chi connectivity index (χ0n) is 18.2. The second-order valence-electron chi connectivity index (χ2n) is 7.33. The molecule has 4 rings (SSSR count). The van der Waals surface area contributed by atoms with Gasteiger partial charge in [0.25, 0.3) is 5.91 Å². The van der Waals surface area contributed by atoms with Gasteiger partial charge in [-0.05, 0) is 67.1 Å². The largest absolute Gasteiger partial charge is 0.359 e. The Morgan fingerprint density at radius 2 is 1.70 bits per heavy atom. The monoisotopic (exact) mass is 457 g/mol. The predicted molar refractivity (Wildman–Crippen MR) is 132 cm³/mol. The van der Waals surface area contributed by atoms with Crippen molar-refractivity contribution in [2.75, 3.05) is 17.7 Å². The van der Waals surface area contributed by atoms with Crippen LogP contribution in [0.1, 0.15) is 15.9 Å². The third-order valence-corrected chi connectivity index (χ3v) is 5.80. The first-order valence-corrected chi connectivity index (χ1v) is 11.1. The summed E-state index contributed by atoms with van der Waals surface area (Å²) in [5.74, 6) is -0.149. The highest BCUT2D eigenvalue weighted by Crippen LogP contribution is 2.30. The normalized spacial score (nSPS) is 10.5. The van der Waals surface area contributed by atoms with E-state index in [0.29, 0.717) is 11.3 Å². The van der Waals surface area contributed by atoms with Crippen LogP contribution in [0.2, 0.25) is 0 Å². The quantitative estimate of drug-likeness (QED) is 0.305. The molecule has 4 aromatic rings. The molecule has 2 aromatic heterocycles. The second kappa shape index (κ2) is 10.1. The van der Waals surface area contributed by atoms with Crippen molar-refractivity contribution in [3.8, 4) is 11.4 Å². The lowest BCUT2D eigenvalue weighted by atomic mass is 10.2. The average molecular weight is 458 g/mol. The lowest BCUT2D eigenvalue weighted by molar-refractivity contribution is 0.0963. The van der Waals surface area contributed by atoms with E-state index in [1.807, 2.05) is 67.6 Å². The van der Waals surface area contributed by atoms with Crippen LogP contribution in [0.15, 0.2) is 88.9 Å². The number of aryl methyl sites for hydroxylation is 1. The molecule has 0 spiro atoms. The number of benzene rings is 2. The number of urea groups is 1. The number of nitrogens with one attached hydrogen (secondary N) is 4. The van der Waals surface area contributed by atoms with Crippen molar-refractivity contribution < 1.29 is 9.59 Å². The second-order valence-corrected chi connectivity index (χ2v) is 8.48. The highest BCUT2D eigenvalue weighted by Gasteiger charge is 2.10. The molecule has 0 saturated heterocycles. The summed E-state index contributed by atoms with van der Waals surface area (Å²) in [7, 11) is 1.60. The molecule has 0 aliphatic heterocycles. The molecule has 0 aliphatic rings. The molecule has 4 N–H and O–H groups in total. The van der Waals surface area contributed by atoms with Crippen LogP contribution >= 0.6 is 11.8 Å². The number of aromatic amines is 1. The van der Waals surface area contributed by atoms with Crippen LogP contribution in [-0.2, 0) is 0 Å². The van der Waals surface area contributed by atoms with E-state index in [0.717, 1.165) is 32.4 Å². The number of aromatic nitrogens is 2. The van der Waals surface area contributed by atoms with E-state index in [1.54, 1.807) is 37.3 Å². The van der Waals surface area contributed by atoms with Crippen LogP contribution in [0.5, 0.6) is 0 Å². The maximum Gasteiger partial charge on any atom is 0.323 e. The van der Waals surface area contributed by atoms with Crippen LogP contribution in [0.25, 0.3) is 11.4 Å². The highest BCUT2D eigenvalue weighted by atomic mass is 32.2. The van der Waals surface area contributed by atoms with Gasteiger partial charge in [-0.15, -0.1) is 0 Å². The van der Waals surface area contributed by atoms with Crippen LogP contribution in [-0.4, -0.2) is 29.0 Å². The van der Waals surface area contributed by atoms with E-state index in [4.69, 9.17) is 0 Å². The minimum atomic E-state index is -0.290. The molecule has 0 atom stereocenters. The summed E-state index contributed by atoms with van der Waals surface area (Å²) in [5.41, 5.74) is 4.61. The fourth-order valence-corrected chi connectivity index (χ4v) is 4.04. The third-order valence-electron chi connectivity index (χ3n) is 4.80. The molecule has 0 bridgehead atoms. The van der Waals surface area contributed by atoms with Crippen molar-refractivity contribution in [2.24, 2.45) is 0 Å². The van der Waals surface area contributed by atoms with E-state index in [9.17, 15) is 9.59 Å². The van der Waals surface area contributed by atoms with Crippen molar-refractivity contribution in [2.45, 2.75) is 16.7 Å². The van der Waals surface area contributed by atoms with Gasteiger partial charge < -0.3 is 20.9 Å². The van der Waals surface area contributed by atoms with Gasteiger partial charge in [-0.1, -0.05) is 23.9 Å². The molecule has 3 amide bonds. The van der Waals surface area contributed by atoms with E-state index in [-0.39, 0.29) is 11.9 Å². The molecule has 2 aromatic carbocycles. The highest BCUT2D eigenvalue weighted by molar-refractivity contribution is 7.99. The zero-order valence-corrected chi connectivity index (χ0v) is 19.0. The predicted octanol–water partition coefficient (Wildman–Crippen LogP) is 5.54. The van der Waals surface area contributed by atoms with E-state index in [1.165, 1.54) is 0 Å². The Hall–Kier alpha value is -4.04. The molecular weight excluding hydrogens is 434 g/mol. The molecule has 7 nitrogen and oxygen atoms in total. The Bertz CT molecular complexity index is 1280. The molecule has 2 heterocycles. The number of amides is 3. The minimum Gasteiger partial charge on any atom is -0.359 e. The van der Waals surface area contributed by atoms with Crippen molar-refractivity contribution in [3.63, 3.8) is 0 Å². The smallest absolute Gasteiger partial charge is 0.323 e. The number of carbonyl (C=O) groups is 2. The Balaban J connectivity index is 1.39. The molecule has 0 saturated carbocycles. The molecule has 8 heteroatoms. The maximum absolute atomic E-state index is 12.2. The molecule has 0 fully saturated rings. The zero-order chi connectivity index (χ0) is 23.2. The summed E-state index contributed by atoms with van der Waals surface area (Å²) in [6, 6.07) is 20.6. The van der Waals surface area contributed by atoms with Crippen molar-refractivity contribution in [1.29, 1.82) is 0 Å². The average Bonchev–Trinajstić information content (AvgIpc) is 3.30. The van der Waals surface area contributed by atoms with Crippen molar-refractivity contribution in [1.82, 2.24) is 15.3 Å². The van der Waals surface area contributed by atoms with Gasteiger partial charge in [-0.25, -0.2) is 4.79 Å². The maximum atomic E-state index is 12.2. The molecule has 0 radical (unpaired) electrons. The molecule has 33 heavy (non-hydrogen) atoms. The first kappa shape index (κ1) is 22.2. The number of carbonyl (C=O) groups excluding carboxylic acids is 2. The Kier molecular flexibility index (Phi) is 6.75. The van der Waals surface area contributed by atoms with Gasteiger partial charge in [0.2, 0.25) is 0 Å². The molecule has 0 aliphatic carbocycles. The standard InChI is InChI=1S/C25H23N5O2S/c1-16-4-3-5-19(12-16)30-25(32)29-18-6-8-20(9-7-18)33-21-10-11-27-23(14-21)22-13-17(15-28-22)24(31)26-2/h3-15,28H,1-2H3,(H,26,31)(H2,29,30,32). The first-order chi connectivity index (χ1) is 16.0. The van der Waals surface area contributed by atoms with Crippen LogP contribution < -0.4 is 16.0 Å². The van der Waals surface area contributed by atoms with Crippen molar-refractivity contribution in [3.05, 3.63) is 90.3 Å². The topological polar surface area (TPSA) is 98.9 Å². The van der Waals surface area contributed by atoms with Gasteiger partial charge in [0.05, 0.1) is 17.0 Å². The summed E-state index contributed by atoms with van der Waals surface area (Å²) in [5, 5.41) is 8.28. The van der Waals surface area contributed by atoms with Gasteiger partial charge >= 0.3 is 6.03 Å². The number of nitrogens with zero attached hydrogens (tertiary/aromatic N) is 1. The van der Waals surface area contributed by atoms with Crippen LogP contribution in [0, 0.1) is 6.92 Å². The van der Waals surface area contributed by atoms with Gasteiger partial charge in [0.15, 0.2) is 0 Å².